The lowest BCUT2D eigenvalue weighted by Crippen LogP contribution is -2.45. The first-order valence-corrected chi connectivity index (χ1v) is 8.94. The van der Waals surface area contributed by atoms with Crippen LogP contribution in [0.5, 0.6) is 11.5 Å². The second-order valence-electron chi connectivity index (χ2n) is 6.41. The van der Waals surface area contributed by atoms with E-state index in [9.17, 15) is 9.59 Å². The van der Waals surface area contributed by atoms with Crippen molar-refractivity contribution in [3.63, 3.8) is 0 Å². The molecule has 1 aromatic rings. The molecule has 144 valence electrons. The van der Waals surface area contributed by atoms with E-state index in [0.717, 1.165) is 25.7 Å². The minimum atomic E-state index is -1.08. The van der Waals surface area contributed by atoms with Crippen LogP contribution in [0.1, 0.15) is 49.4 Å². The lowest BCUT2D eigenvalue weighted by Gasteiger charge is -2.36. The molecule has 1 fully saturated rings. The van der Waals surface area contributed by atoms with E-state index in [1.54, 1.807) is 32.2 Å². The van der Waals surface area contributed by atoms with Gasteiger partial charge in [0, 0.05) is 19.2 Å². The summed E-state index contributed by atoms with van der Waals surface area (Å²) in [7, 11) is 1.69. The van der Waals surface area contributed by atoms with Crippen molar-refractivity contribution in [2.45, 2.75) is 44.6 Å². The molecule has 0 spiro atoms. The van der Waals surface area contributed by atoms with Crippen molar-refractivity contribution in [3.8, 4) is 11.5 Å². The number of carboxylic acids is 1. The van der Waals surface area contributed by atoms with Gasteiger partial charge in [0.1, 0.15) is 0 Å². The van der Waals surface area contributed by atoms with E-state index in [0.29, 0.717) is 30.2 Å². The topological polar surface area (TPSA) is 94.1 Å². The molecular formula is C19H27NO6. The maximum Gasteiger partial charge on any atom is 0.341 e. The molecule has 0 aliphatic heterocycles. The van der Waals surface area contributed by atoms with Gasteiger partial charge in [-0.2, -0.15) is 0 Å². The molecule has 7 nitrogen and oxygen atoms in total. The number of aliphatic carboxylic acids is 1. The Bertz CT molecular complexity index is 624. The fourth-order valence-electron chi connectivity index (χ4n) is 3.17. The van der Waals surface area contributed by atoms with Crippen LogP contribution in [-0.4, -0.2) is 49.5 Å². The molecule has 0 bridgehead atoms. The van der Waals surface area contributed by atoms with Gasteiger partial charge >= 0.3 is 5.97 Å². The zero-order chi connectivity index (χ0) is 19.0. The third-order valence-electron chi connectivity index (χ3n) is 4.63. The van der Waals surface area contributed by atoms with Gasteiger partial charge < -0.3 is 24.6 Å². The number of ether oxygens (including phenoxy) is 3. The van der Waals surface area contributed by atoms with Gasteiger partial charge in [-0.05, 0) is 38.0 Å². The number of carboxylic acid groups (broad SMARTS) is 1. The highest BCUT2D eigenvalue weighted by Gasteiger charge is 2.32. The number of benzene rings is 1. The summed E-state index contributed by atoms with van der Waals surface area (Å²) in [6.45, 7) is 2.17. The molecule has 0 saturated heterocycles. The Kier molecular flexibility index (Phi) is 7.26. The Morgan fingerprint density at radius 2 is 1.88 bits per heavy atom. The molecule has 1 aromatic carbocycles. The summed E-state index contributed by atoms with van der Waals surface area (Å²) >= 11 is 0. The van der Waals surface area contributed by atoms with E-state index >= 15 is 0 Å². The number of carbonyl (C=O) groups excluding carboxylic acids is 1. The number of methoxy groups -OCH3 is 1. The summed E-state index contributed by atoms with van der Waals surface area (Å²) in [6.07, 6.45) is 5.29. The number of hydrogen-bond donors (Lipinski definition) is 2. The normalized spacial score (nSPS) is 15.9. The largest absolute Gasteiger partial charge is 0.490 e. The first-order chi connectivity index (χ1) is 12.5. The third kappa shape index (κ3) is 5.36. The van der Waals surface area contributed by atoms with Crippen molar-refractivity contribution < 1.29 is 28.9 Å². The van der Waals surface area contributed by atoms with Crippen LogP contribution in [0.25, 0.3) is 0 Å². The lowest BCUT2D eigenvalue weighted by atomic mass is 9.84. The molecule has 2 rings (SSSR count). The number of amides is 1. The van der Waals surface area contributed by atoms with Crippen LogP contribution < -0.4 is 14.8 Å². The Labute approximate surface area is 153 Å². The van der Waals surface area contributed by atoms with E-state index in [-0.39, 0.29) is 11.5 Å². The summed E-state index contributed by atoms with van der Waals surface area (Å²) in [5.74, 6) is -0.656. The molecule has 2 N–H and O–H groups in total. The molecule has 1 amide bonds. The second-order valence-corrected chi connectivity index (χ2v) is 6.41. The fourth-order valence-corrected chi connectivity index (χ4v) is 3.17. The van der Waals surface area contributed by atoms with E-state index in [1.165, 1.54) is 6.42 Å². The van der Waals surface area contributed by atoms with Gasteiger partial charge in [0.15, 0.2) is 18.1 Å². The maximum atomic E-state index is 12.5. The Balaban J connectivity index is 2.05. The first-order valence-electron chi connectivity index (χ1n) is 8.94. The van der Waals surface area contributed by atoms with E-state index in [1.807, 2.05) is 0 Å². The minimum absolute atomic E-state index is 0.224. The predicted molar refractivity (Wildman–Crippen MR) is 95.9 cm³/mol. The molecule has 0 atom stereocenters. The van der Waals surface area contributed by atoms with Crippen molar-refractivity contribution in [3.05, 3.63) is 23.8 Å². The van der Waals surface area contributed by atoms with Gasteiger partial charge in [-0.3, -0.25) is 4.79 Å². The number of nitrogens with one attached hydrogen (secondary N) is 1. The van der Waals surface area contributed by atoms with Crippen LogP contribution in [0.15, 0.2) is 18.2 Å². The van der Waals surface area contributed by atoms with Crippen LogP contribution in [0.4, 0.5) is 0 Å². The number of hydrogen-bond acceptors (Lipinski definition) is 5. The lowest BCUT2D eigenvalue weighted by molar-refractivity contribution is -0.139. The van der Waals surface area contributed by atoms with E-state index in [2.05, 4.69) is 5.32 Å². The van der Waals surface area contributed by atoms with Gasteiger partial charge in [-0.1, -0.05) is 19.3 Å². The molecule has 0 heterocycles. The first kappa shape index (κ1) is 20.0. The summed E-state index contributed by atoms with van der Waals surface area (Å²) < 4.78 is 16.4. The van der Waals surface area contributed by atoms with Crippen LogP contribution >= 0.6 is 0 Å². The van der Waals surface area contributed by atoms with Gasteiger partial charge in [0.25, 0.3) is 5.91 Å². The van der Waals surface area contributed by atoms with Crippen molar-refractivity contribution in [1.29, 1.82) is 0 Å². The fraction of sp³-hybridized carbons (Fsp3) is 0.579. The van der Waals surface area contributed by atoms with Gasteiger partial charge in [-0.25, -0.2) is 4.79 Å². The van der Waals surface area contributed by atoms with Crippen molar-refractivity contribution in [2.75, 3.05) is 26.9 Å². The van der Waals surface area contributed by atoms with Crippen molar-refractivity contribution in [1.82, 2.24) is 5.32 Å². The summed E-state index contributed by atoms with van der Waals surface area (Å²) in [6, 6.07) is 4.71. The molecule has 0 aromatic heterocycles. The minimum Gasteiger partial charge on any atom is -0.490 e. The summed E-state index contributed by atoms with van der Waals surface area (Å²) in [5.41, 5.74) is 0.138. The smallest absolute Gasteiger partial charge is 0.341 e. The van der Waals surface area contributed by atoms with Crippen LogP contribution in [0.2, 0.25) is 0 Å². The van der Waals surface area contributed by atoms with Gasteiger partial charge in [-0.15, -0.1) is 0 Å². The standard InChI is InChI=1S/C19H27NO6/c1-3-25-16-11-14(7-8-15(16)26-12-17(21)22)18(23)20-13-19(24-2)9-5-4-6-10-19/h7-8,11H,3-6,9-10,12-13H2,1-2H3,(H,20,23)(H,21,22). The molecule has 0 unspecified atom stereocenters. The average Bonchev–Trinajstić information content (AvgIpc) is 2.66. The second kappa shape index (κ2) is 9.43. The van der Waals surface area contributed by atoms with Crippen molar-refractivity contribution in [2.24, 2.45) is 0 Å². The molecule has 1 aliphatic carbocycles. The van der Waals surface area contributed by atoms with E-state index in [4.69, 9.17) is 19.3 Å². The maximum absolute atomic E-state index is 12.5. The quantitative estimate of drug-likeness (QED) is 0.699. The SMILES string of the molecule is CCOc1cc(C(=O)NCC2(OC)CCCCC2)ccc1OCC(=O)O. The monoisotopic (exact) mass is 365 g/mol. The molecule has 26 heavy (non-hydrogen) atoms. The highest BCUT2D eigenvalue weighted by Crippen LogP contribution is 2.31. The van der Waals surface area contributed by atoms with E-state index < -0.39 is 12.6 Å². The van der Waals surface area contributed by atoms with Crippen LogP contribution in [0.3, 0.4) is 0 Å². The highest BCUT2D eigenvalue weighted by molar-refractivity contribution is 5.95. The zero-order valence-electron chi connectivity index (χ0n) is 15.4. The zero-order valence-corrected chi connectivity index (χ0v) is 15.4. The van der Waals surface area contributed by atoms with Crippen molar-refractivity contribution >= 4 is 11.9 Å². The molecule has 1 aliphatic rings. The molecule has 1 saturated carbocycles. The molecule has 0 radical (unpaired) electrons. The van der Waals surface area contributed by atoms with Crippen LogP contribution in [-0.2, 0) is 9.53 Å². The number of carbonyl (C=O) groups is 2. The Morgan fingerprint density at radius 3 is 2.50 bits per heavy atom. The van der Waals surface area contributed by atoms with Gasteiger partial charge in [0.2, 0.25) is 0 Å². The number of rotatable bonds is 9. The van der Waals surface area contributed by atoms with Crippen LogP contribution in [0, 0.1) is 0 Å². The molecule has 7 heteroatoms. The Morgan fingerprint density at radius 1 is 1.15 bits per heavy atom. The predicted octanol–water partition coefficient (Wildman–Crippen LogP) is 2.63. The summed E-state index contributed by atoms with van der Waals surface area (Å²) in [5, 5.41) is 11.7. The molecular weight excluding hydrogens is 338 g/mol. The third-order valence-corrected chi connectivity index (χ3v) is 4.63. The average molecular weight is 365 g/mol. The summed E-state index contributed by atoms with van der Waals surface area (Å²) in [4.78, 5) is 23.2. The Hall–Kier alpha value is -2.28. The highest BCUT2D eigenvalue weighted by atomic mass is 16.5. The van der Waals surface area contributed by atoms with Gasteiger partial charge in [0.05, 0.1) is 12.2 Å².